The second kappa shape index (κ2) is 9.25. The minimum atomic E-state index is -0.501. The summed E-state index contributed by atoms with van der Waals surface area (Å²) < 4.78 is 19.5. The fourth-order valence-corrected chi connectivity index (χ4v) is 3.42. The van der Waals surface area contributed by atoms with Gasteiger partial charge >= 0.3 is 5.82 Å². The van der Waals surface area contributed by atoms with E-state index in [9.17, 15) is 9.18 Å². The van der Waals surface area contributed by atoms with Gasteiger partial charge in [0.05, 0.1) is 37.3 Å². The molecule has 168 valence electrons. The Kier molecular flexibility index (Phi) is 6.67. The smallest absolute Gasteiger partial charge is 0.328 e. The molecular formula is C23H30FN6O2+3. The molecule has 0 radical (unpaired) electrons. The van der Waals surface area contributed by atoms with Crippen molar-refractivity contribution in [3.8, 4) is 5.75 Å². The van der Waals surface area contributed by atoms with Gasteiger partial charge in [0.15, 0.2) is 5.69 Å². The molecule has 0 spiro atoms. The molecule has 1 aliphatic heterocycles. The maximum atomic E-state index is 13.9. The number of nitrogens with one attached hydrogen (secondary N) is 1. The van der Waals surface area contributed by atoms with Crippen molar-refractivity contribution in [3.05, 3.63) is 58.1 Å². The lowest BCUT2D eigenvalue weighted by molar-refractivity contribution is -0.397. The molecule has 0 bridgehead atoms. The fraction of sp³-hybridized carbons (Fsp3) is 0.348. The van der Waals surface area contributed by atoms with Crippen LogP contribution in [0.3, 0.4) is 0 Å². The Morgan fingerprint density at radius 3 is 2.66 bits per heavy atom. The van der Waals surface area contributed by atoms with Crippen LogP contribution in [0, 0.1) is 26.6 Å². The number of hydrogen-bond acceptors (Lipinski definition) is 4. The number of nitrogens with zero attached hydrogens (tertiary/aromatic N) is 2. The number of nitrogens with two attached hydrogens (primary N) is 3. The quantitative estimate of drug-likeness (QED) is 0.474. The first-order valence-electron chi connectivity index (χ1n) is 10.4. The summed E-state index contributed by atoms with van der Waals surface area (Å²) in [7, 11) is 0. The van der Waals surface area contributed by atoms with Gasteiger partial charge in [-0.3, -0.25) is 15.6 Å². The van der Waals surface area contributed by atoms with Crippen LogP contribution in [0.4, 0.5) is 4.39 Å². The van der Waals surface area contributed by atoms with E-state index in [4.69, 9.17) is 21.3 Å². The summed E-state index contributed by atoms with van der Waals surface area (Å²) in [5.41, 5.74) is 11.8. The number of rotatable bonds is 7. The molecule has 0 saturated heterocycles. The summed E-state index contributed by atoms with van der Waals surface area (Å²) in [5, 5.41) is 11.5. The van der Waals surface area contributed by atoms with Gasteiger partial charge in [0.1, 0.15) is 17.3 Å². The first kappa shape index (κ1) is 23.1. The Balaban J connectivity index is 1.79. The summed E-state index contributed by atoms with van der Waals surface area (Å²) in [4.78, 5) is 22.7. The topological polar surface area (TPSA) is 134 Å². The summed E-state index contributed by atoms with van der Waals surface area (Å²) in [6, 6.07) is 3.84. The van der Waals surface area contributed by atoms with E-state index >= 15 is 0 Å². The van der Waals surface area contributed by atoms with Crippen LogP contribution in [-0.2, 0) is 0 Å². The second-order valence-corrected chi connectivity index (χ2v) is 8.03. The molecule has 2 aromatic rings. The molecule has 2 heterocycles. The third kappa shape index (κ3) is 4.82. The van der Waals surface area contributed by atoms with Gasteiger partial charge in [0.2, 0.25) is 11.4 Å². The molecule has 0 fully saturated rings. The van der Waals surface area contributed by atoms with Gasteiger partial charge in [-0.1, -0.05) is 0 Å². The molecular weight excluding hydrogens is 411 g/mol. The van der Waals surface area contributed by atoms with Gasteiger partial charge in [0.25, 0.3) is 5.91 Å². The number of hydrogen-bond donors (Lipinski definition) is 3. The van der Waals surface area contributed by atoms with E-state index in [-0.39, 0.29) is 36.9 Å². The van der Waals surface area contributed by atoms with E-state index in [1.165, 1.54) is 18.2 Å². The maximum Gasteiger partial charge on any atom is 0.328 e. The molecule has 0 atom stereocenters. The lowest BCUT2D eigenvalue weighted by Gasteiger charge is -2.18. The van der Waals surface area contributed by atoms with Crippen LogP contribution in [0.25, 0.3) is 5.57 Å². The molecule has 9 heteroatoms. The van der Waals surface area contributed by atoms with Crippen molar-refractivity contribution in [1.29, 1.82) is 0 Å². The van der Waals surface area contributed by atoms with Crippen molar-refractivity contribution in [1.82, 2.24) is 9.88 Å². The Labute approximate surface area is 186 Å². The lowest BCUT2D eigenvalue weighted by atomic mass is 10.1. The standard InChI is InChI=1S/C23H27FN6O2/c1-12-14(3)28-22(29-15(12)4)18-10-30(11-20(18)27)23(31)17-6-5-16(24)9-21(17)32-8-7-19(26)13(2)25/h5-6,9,25-26H,7-8,10-11,27H2,1-4H3/p+3. The average molecular weight is 442 g/mol. The minimum Gasteiger partial charge on any atom is -0.492 e. The highest BCUT2D eigenvalue weighted by atomic mass is 19.1. The van der Waals surface area contributed by atoms with Crippen LogP contribution in [0.2, 0.25) is 0 Å². The van der Waals surface area contributed by atoms with E-state index in [1.807, 2.05) is 20.8 Å². The molecule has 1 aliphatic rings. The number of halogens is 1. The Hall–Kier alpha value is -3.62. The second-order valence-electron chi connectivity index (χ2n) is 8.03. The van der Waals surface area contributed by atoms with Gasteiger partial charge in [-0.25, -0.2) is 9.37 Å². The molecule has 1 aromatic heterocycles. The molecule has 0 saturated carbocycles. The zero-order valence-electron chi connectivity index (χ0n) is 18.9. The van der Waals surface area contributed by atoms with Gasteiger partial charge in [0, 0.05) is 31.2 Å². The summed E-state index contributed by atoms with van der Waals surface area (Å²) in [6.45, 7) is 8.29. The number of carbonyl (C=O) groups excluding carboxylic acids is 1. The fourth-order valence-electron chi connectivity index (χ4n) is 3.42. The maximum absolute atomic E-state index is 13.9. The molecule has 1 amide bonds. The van der Waals surface area contributed by atoms with E-state index in [0.29, 0.717) is 29.4 Å². The molecule has 1 aromatic carbocycles. The van der Waals surface area contributed by atoms with Crippen LogP contribution in [0.15, 0.2) is 23.9 Å². The van der Waals surface area contributed by atoms with E-state index in [0.717, 1.165) is 22.5 Å². The third-order valence-corrected chi connectivity index (χ3v) is 5.67. The van der Waals surface area contributed by atoms with Crippen LogP contribution in [-0.4, -0.2) is 46.9 Å². The summed E-state index contributed by atoms with van der Waals surface area (Å²) >= 11 is 0. The number of aromatic nitrogens is 2. The van der Waals surface area contributed by atoms with Crippen molar-refractivity contribution in [2.24, 2.45) is 5.73 Å². The van der Waals surface area contributed by atoms with Crippen molar-refractivity contribution >= 4 is 22.9 Å². The van der Waals surface area contributed by atoms with Crippen LogP contribution in [0.1, 0.15) is 46.5 Å². The van der Waals surface area contributed by atoms with Crippen molar-refractivity contribution in [2.45, 2.75) is 34.1 Å². The molecule has 8 nitrogen and oxygen atoms in total. The van der Waals surface area contributed by atoms with E-state index in [1.54, 1.807) is 11.8 Å². The predicted octanol–water partition coefficient (Wildman–Crippen LogP) is -1.03. The van der Waals surface area contributed by atoms with Gasteiger partial charge in [-0.05, 0) is 31.0 Å². The first-order valence-corrected chi connectivity index (χ1v) is 10.4. The average Bonchev–Trinajstić information content (AvgIpc) is 3.12. The Morgan fingerprint density at radius 1 is 1.28 bits per heavy atom. The number of ether oxygens (including phenoxy) is 1. The molecule has 0 unspecified atom stereocenters. The van der Waals surface area contributed by atoms with Crippen LogP contribution in [0.5, 0.6) is 5.75 Å². The minimum absolute atomic E-state index is 0.149. The van der Waals surface area contributed by atoms with Crippen LogP contribution < -0.4 is 26.3 Å². The number of aryl methyl sites for hydroxylation is 2. The SMILES string of the molecule is CC(=[NH2+])C(=[NH2+])CCOc1cc(F)ccc1C(=O)N1CC(N)=C(c2nc(C)c(C)c(C)[nH+]2)C1. The number of H-pyrrole nitrogens is 1. The Morgan fingerprint density at radius 2 is 2.00 bits per heavy atom. The lowest BCUT2D eigenvalue weighted by Crippen LogP contribution is -2.54. The number of benzene rings is 1. The van der Waals surface area contributed by atoms with Gasteiger partial charge in [-0.2, -0.15) is 0 Å². The monoisotopic (exact) mass is 441 g/mol. The first-order chi connectivity index (χ1) is 15.1. The molecule has 3 rings (SSSR count). The molecule has 7 N–H and O–H groups in total. The van der Waals surface area contributed by atoms with Gasteiger partial charge in [-0.15, -0.1) is 0 Å². The summed E-state index contributed by atoms with van der Waals surface area (Å²) in [6.07, 6.45) is 0.364. The Bertz CT molecular complexity index is 1120. The van der Waals surface area contributed by atoms with E-state index in [2.05, 4.69) is 9.97 Å². The third-order valence-electron chi connectivity index (χ3n) is 5.67. The summed E-state index contributed by atoms with van der Waals surface area (Å²) in [5.74, 6) is -0.0131. The zero-order valence-corrected chi connectivity index (χ0v) is 18.9. The van der Waals surface area contributed by atoms with Crippen LogP contribution >= 0.6 is 0 Å². The number of carbonyl (C=O) groups is 1. The zero-order chi connectivity index (χ0) is 23.6. The molecule has 32 heavy (non-hydrogen) atoms. The predicted molar refractivity (Wildman–Crippen MR) is 118 cm³/mol. The largest absolute Gasteiger partial charge is 0.492 e. The van der Waals surface area contributed by atoms with Crippen molar-refractivity contribution in [2.75, 3.05) is 19.7 Å². The van der Waals surface area contributed by atoms with Crippen molar-refractivity contribution in [3.63, 3.8) is 0 Å². The van der Waals surface area contributed by atoms with E-state index < -0.39 is 5.82 Å². The highest BCUT2D eigenvalue weighted by Gasteiger charge is 2.32. The highest BCUT2D eigenvalue weighted by Crippen LogP contribution is 2.27. The van der Waals surface area contributed by atoms with Gasteiger partial charge < -0.3 is 15.4 Å². The number of aromatic amines is 1. The van der Waals surface area contributed by atoms with Crippen molar-refractivity contribution < 1.29 is 29.7 Å². The highest BCUT2D eigenvalue weighted by molar-refractivity contribution is 6.36. The number of amides is 1. The molecule has 0 aliphatic carbocycles. The normalized spacial score (nSPS) is 13.5.